The Labute approximate surface area is 116 Å². The van der Waals surface area contributed by atoms with Crippen molar-refractivity contribution in [3.63, 3.8) is 0 Å². The minimum Gasteiger partial charge on any atom is -0.406 e. The summed E-state index contributed by atoms with van der Waals surface area (Å²) in [5.74, 6) is -0.270. The molecule has 1 unspecified atom stereocenters. The molecule has 1 aromatic carbocycles. The van der Waals surface area contributed by atoms with Crippen LogP contribution in [0.15, 0.2) is 24.3 Å². The number of alkyl halides is 3. The quantitative estimate of drug-likeness (QED) is 0.904. The Bertz CT molecular complexity index is 413. The number of rotatable bonds is 5. The summed E-state index contributed by atoms with van der Waals surface area (Å²) in [5.41, 5.74) is 0.610. The van der Waals surface area contributed by atoms with Gasteiger partial charge in [0.1, 0.15) is 5.75 Å². The van der Waals surface area contributed by atoms with Crippen molar-refractivity contribution < 1.29 is 23.0 Å². The first-order chi connectivity index (χ1) is 9.44. The normalized spacial score (nSPS) is 18.2. The smallest absolute Gasteiger partial charge is 0.406 e. The molecule has 3 nitrogen and oxygen atoms in total. The van der Waals surface area contributed by atoms with Crippen molar-refractivity contribution in [2.24, 2.45) is 0 Å². The molecule has 1 aliphatic heterocycles. The summed E-state index contributed by atoms with van der Waals surface area (Å²) < 4.78 is 39.8. The van der Waals surface area contributed by atoms with E-state index in [1.807, 2.05) is 0 Å². The first-order valence-corrected chi connectivity index (χ1v) is 6.70. The number of nitrogens with zero attached hydrogens (tertiary/aromatic N) is 1. The molecule has 1 fully saturated rings. The van der Waals surface area contributed by atoms with E-state index in [1.165, 1.54) is 37.1 Å². The molecule has 0 bridgehead atoms. The van der Waals surface area contributed by atoms with E-state index in [0.717, 1.165) is 19.6 Å². The van der Waals surface area contributed by atoms with Gasteiger partial charge >= 0.3 is 6.36 Å². The Kier molecular flexibility index (Phi) is 4.88. The number of aliphatic hydroxyl groups excluding tert-OH is 1. The summed E-state index contributed by atoms with van der Waals surface area (Å²) in [5, 5.41) is 10.0. The molecule has 2 rings (SSSR count). The van der Waals surface area contributed by atoms with Gasteiger partial charge in [0.2, 0.25) is 0 Å². The second kappa shape index (κ2) is 6.45. The molecule has 0 spiro atoms. The van der Waals surface area contributed by atoms with Crippen LogP contribution in [0.4, 0.5) is 13.2 Å². The average Bonchev–Trinajstić information content (AvgIpc) is 2.88. The van der Waals surface area contributed by atoms with Gasteiger partial charge in [-0.1, -0.05) is 12.1 Å². The van der Waals surface area contributed by atoms with Gasteiger partial charge in [-0.15, -0.1) is 13.2 Å². The number of halogens is 3. The molecule has 112 valence electrons. The fourth-order valence-electron chi connectivity index (χ4n) is 2.37. The van der Waals surface area contributed by atoms with Gasteiger partial charge in [-0.2, -0.15) is 0 Å². The van der Waals surface area contributed by atoms with E-state index >= 15 is 0 Å². The summed E-state index contributed by atoms with van der Waals surface area (Å²) in [7, 11) is 0. The zero-order valence-corrected chi connectivity index (χ0v) is 11.1. The number of hydrogen-bond donors (Lipinski definition) is 1. The number of ether oxygens (including phenoxy) is 1. The van der Waals surface area contributed by atoms with Crippen molar-refractivity contribution in [2.45, 2.75) is 31.7 Å². The second-order valence-corrected chi connectivity index (χ2v) is 4.97. The lowest BCUT2D eigenvalue weighted by Crippen LogP contribution is -2.22. The highest BCUT2D eigenvalue weighted by atomic mass is 19.4. The molecular weight excluding hydrogens is 271 g/mol. The van der Waals surface area contributed by atoms with Crippen molar-refractivity contribution >= 4 is 0 Å². The minimum atomic E-state index is -4.68. The third-order valence-corrected chi connectivity index (χ3v) is 3.42. The number of benzene rings is 1. The summed E-state index contributed by atoms with van der Waals surface area (Å²) in [6.07, 6.45) is -2.37. The zero-order valence-electron chi connectivity index (χ0n) is 11.1. The van der Waals surface area contributed by atoms with E-state index in [0.29, 0.717) is 12.0 Å². The molecule has 0 aromatic heterocycles. The van der Waals surface area contributed by atoms with Crippen molar-refractivity contribution in [1.82, 2.24) is 4.90 Å². The van der Waals surface area contributed by atoms with Crippen LogP contribution < -0.4 is 4.74 Å². The van der Waals surface area contributed by atoms with Crippen LogP contribution >= 0.6 is 0 Å². The molecule has 20 heavy (non-hydrogen) atoms. The van der Waals surface area contributed by atoms with Gasteiger partial charge in [-0.25, -0.2) is 0 Å². The van der Waals surface area contributed by atoms with Crippen LogP contribution in [0.5, 0.6) is 5.75 Å². The summed E-state index contributed by atoms with van der Waals surface area (Å²) >= 11 is 0. The Morgan fingerprint density at radius 1 is 1.15 bits per heavy atom. The molecule has 1 atom stereocenters. The predicted molar refractivity (Wildman–Crippen MR) is 68.4 cm³/mol. The molecule has 0 radical (unpaired) electrons. The topological polar surface area (TPSA) is 32.7 Å². The standard InChI is InChI=1S/C14H18F3NO2/c15-14(16,17)20-12-5-3-11(4-6-12)13(19)7-10-18-8-1-2-9-18/h3-6,13,19H,1-2,7-10H2. The van der Waals surface area contributed by atoms with E-state index in [-0.39, 0.29) is 5.75 Å². The van der Waals surface area contributed by atoms with E-state index in [9.17, 15) is 18.3 Å². The molecule has 0 amide bonds. The van der Waals surface area contributed by atoms with Crippen LogP contribution in [-0.2, 0) is 0 Å². The Balaban J connectivity index is 1.85. The highest BCUT2D eigenvalue weighted by Crippen LogP contribution is 2.25. The van der Waals surface area contributed by atoms with Gasteiger partial charge in [-0.05, 0) is 50.0 Å². The molecule has 1 aromatic rings. The maximum atomic E-state index is 12.0. The van der Waals surface area contributed by atoms with Crippen LogP contribution in [0.2, 0.25) is 0 Å². The summed E-state index contributed by atoms with van der Waals surface area (Å²) in [4.78, 5) is 2.28. The van der Waals surface area contributed by atoms with Gasteiger partial charge in [0.15, 0.2) is 0 Å². The highest BCUT2D eigenvalue weighted by molar-refractivity contribution is 5.28. The lowest BCUT2D eigenvalue weighted by atomic mass is 10.1. The molecule has 1 heterocycles. The lowest BCUT2D eigenvalue weighted by Gasteiger charge is -2.18. The number of hydrogen-bond acceptors (Lipinski definition) is 3. The van der Waals surface area contributed by atoms with E-state index in [4.69, 9.17) is 0 Å². The lowest BCUT2D eigenvalue weighted by molar-refractivity contribution is -0.274. The minimum absolute atomic E-state index is 0.270. The van der Waals surface area contributed by atoms with Gasteiger partial charge < -0.3 is 14.7 Å². The third kappa shape index (κ3) is 4.68. The predicted octanol–water partition coefficient (Wildman–Crippen LogP) is 3.10. The van der Waals surface area contributed by atoms with Crippen LogP contribution in [0.1, 0.15) is 30.9 Å². The SMILES string of the molecule is OC(CCN1CCCC1)c1ccc(OC(F)(F)F)cc1. The maximum absolute atomic E-state index is 12.0. The van der Waals surface area contributed by atoms with E-state index in [1.54, 1.807) is 0 Å². The van der Waals surface area contributed by atoms with Crippen LogP contribution in [-0.4, -0.2) is 36.0 Å². The monoisotopic (exact) mass is 289 g/mol. The highest BCUT2D eigenvalue weighted by Gasteiger charge is 2.31. The molecule has 0 saturated carbocycles. The van der Waals surface area contributed by atoms with Gasteiger partial charge in [-0.3, -0.25) is 0 Å². The maximum Gasteiger partial charge on any atom is 0.573 e. The average molecular weight is 289 g/mol. The molecular formula is C14H18F3NO2. The summed E-state index contributed by atoms with van der Waals surface area (Å²) in [6.45, 7) is 2.93. The second-order valence-electron chi connectivity index (χ2n) is 4.97. The largest absolute Gasteiger partial charge is 0.573 e. The Morgan fingerprint density at radius 2 is 1.75 bits per heavy atom. The van der Waals surface area contributed by atoms with Crippen molar-refractivity contribution in [1.29, 1.82) is 0 Å². The van der Waals surface area contributed by atoms with Crippen molar-refractivity contribution in [3.8, 4) is 5.75 Å². The molecule has 1 aliphatic rings. The summed E-state index contributed by atoms with van der Waals surface area (Å²) in [6, 6.07) is 5.38. The Hall–Kier alpha value is -1.27. The van der Waals surface area contributed by atoms with Crippen molar-refractivity contribution in [2.75, 3.05) is 19.6 Å². The molecule has 0 aliphatic carbocycles. The first-order valence-electron chi connectivity index (χ1n) is 6.70. The first kappa shape index (κ1) is 15.1. The van der Waals surface area contributed by atoms with Gasteiger partial charge in [0.05, 0.1) is 6.10 Å². The van der Waals surface area contributed by atoms with Crippen LogP contribution in [0.3, 0.4) is 0 Å². The fourth-order valence-corrected chi connectivity index (χ4v) is 2.37. The van der Waals surface area contributed by atoms with Gasteiger partial charge in [0, 0.05) is 6.54 Å². The number of aliphatic hydroxyl groups is 1. The van der Waals surface area contributed by atoms with E-state index < -0.39 is 12.5 Å². The Morgan fingerprint density at radius 3 is 2.30 bits per heavy atom. The van der Waals surface area contributed by atoms with E-state index in [2.05, 4.69) is 9.64 Å². The van der Waals surface area contributed by atoms with Crippen LogP contribution in [0.25, 0.3) is 0 Å². The number of likely N-dealkylation sites (tertiary alicyclic amines) is 1. The molecule has 6 heteroatoms. The van der Waals surface area contributed by atoms with Gasteiger partial charge in [0.25, 0.3) is 0 Å². The molecule has 1 N–H and O–H groups in total. The fraction of sp³-hybridized carbons (Fsp3) is 0.571. The van der Waals surface area contributed by atoms with Crippen molar-refractivity contribution in [3.05, 3.63) is 29.8 Å². The van der Waals surface area contributed by atoms with Crippen LogP contribution in [0, 0.1) is 0 Å². The zero-order chi connectivity index (χ0) is 14.6. The molecule has 1 saturated heterocycles. The third-order valence-electron chi connectivity index (χ3n) is 3.42.